The van der Waals surface area contributed by atoms with Gasteiger partial charge in [-0.25, -0.2) is 21.6 Å². The molecule has 0 aliphatic heterocycles. The number of fused-ring (bicyclic) bond motifs is 1. The van der Waals surface area contributed by atoms with Crippen LogP contribution < -0.4 is 15.2 Å². The lowest BCUT2D eigenvalue weighted by Crippen LogP contribution is -2.15. The zero-order valence-corrected chi connectivity index (χ0v) is 15.3. The van der Waals surface area contributed by atoms with Crippen LogP contribution in [-0.4, -0.2) is 35.2 Å². The van der Waals surface area contributed by atoms with Crippen molar-refractivity contribution in [3.05, 3.63) is 46.9 Å². The first-order valence-corrected chi connectivity index (χ1v) is 10.5. The van der Waals surface area contributed by atoms with Crippen molar-refractivity contribution in [3.8, 4) is 5.75 Å². The molecule has 0 amide bonds. The van der Waals surface area contributed by atoms with Gasteiger partial charge >= 0.3 is 5.76 Å². The Labute approximate surface area is 148 Å². The van der Waals surface area contributed by atoms with Gasteiger partial charge < -0.3 is 9.15 Å². The maximum Gasteiger partial charge on any atom is 0.417 e. The summed E-state index contributed by atoms with van der Waals surface area (Å²) < 4.78 is 61.1. The van der Waals surface area contributed by atoms with E-state index in [0.29, 0.717) is 5.52 Å². The summed E-state index contributed by atoms with van der Waals surface area (Å²) in [5.74, 6) is -0.676. The van der Waals surface area contributed by atoms with E-state index in [1.807, 2.05) is 0 Å². The molecule has 0 atom stereocenters. The molecule has 2 aromatic carbocycles. The molecule has 11 heteroatoms. The standard InChI is InChI=1S/C15H14N2O7S2/c1-23-13-6-4-10(25(2,19)20)8-14(13)26(21,22)17-9-3-5-12-11(7-9)16-15(18)24-12/h3-8,17H,1-2H3,(H,16,18). The Bertz CT molecular complexity index is 1250. The zero-order valence-electron chi connectivity index (χ0n) is 13.6. The molecule has 3 aromatic rings. The van der Waals surface area contributed by atoms with Gasteiger partial charge in [0.1, 0.15) is 10.6 Å². The number of rotatable bonds is 5. The minimum Gasteiger partial charge on any atom is -0.495 e. The van der Waals surface area contributed by atoms with Crippen LogP contribution >= 0.6 is 0 Å². The fourth-order valence-corrected chi connectivity index (χ4v) is 4.29. The van der Waals surface area contributed by atoms with E-state index >= 15 is 0 Å². The van der Waals surface area contributed by atoms with E-state index in [1.54, 1.807) is 0 Å². The molecular weight excluding hydrogens is 384 g/mol. The topological polar surface area (TPSA) is 136 Å². The third-order valence-electron chi connectivity index (χ3n) is 3.52. The van der Waals surface area contributed by atoms with Crippen molar-refractivity contribution in [2.75, 3.05) is 18.1 Å². The first kappa shape index (κ1) is 18.0. The van der Waals surface area contributed by atoms with Crippen molar-refractivity contribution in [2.45, 2.75) is 9.79 Å². The van der Waals surface area contributed by atoms with Crippen LogP contribution in [0.2, 0.25) is 0 Å². The molecule has 0 saturated carbocycles. The molecule has 0 saturated heterocycles. The highest BCUT2D eigenvalue weighted by Crippen LogP contribution is 2.29. The van der Waals surface area contributed by atoms with Gasteiger partial charge in [0.15, 0.2) is 15.4 Å². The lowest BCUT2D eigenvalue weighted by molar-refractivity contribution is 0.402. The molecule has 0 unspecified atom stereocenters. The molecule has 0 bridgehead atoms. The van der Waals surface area contributed by atoms with E-state index < -0.39 is 25.6 Å². The molecule has 9 nitrogen and oxygen atoms in total. The van der Waals surface area contributed by atoms with Crippen LogP contribution in [0.5, 0.6) is 5.75 Å². The second-order valence-corrected chi connectivity index (χ2v) is 9.08. The minimum atomic E-state index is -4.16. The van der Waals surface area contributed by atoms with Gasteiger partial charge in [-0.3, -0.25) is 9.71 Å². The molecule has 1 heterocycles. The number of hydrogen-bond donors (Lipinski definition) is 2. The summed E-state index contributed by atoms with van der Waals surface area (Å²) >= 11 is 0. The lowest BCUT2D eigenvalue weighted by atomic mass is 10.3. The maximum absolute atomic E-state index is 12.7. The number of methoxy groups -OCH3 is 1. The van der Waals surface area contributed by atoms with Crippen molar-refractivity contribution in [1.82, 2.24) is 4.98 Å². The summed E-state index contributed by atoms with van der Waals surface area (Å²) in [6.07, 6.45) is 0.974. The van der Waals surface area contributed by atoms with Crippen molar-refractivity contribution >= 4 is 36.6 Å². The molecule has 138 valence electrons. The molecule has 3 rings (SSSR count). The summed E-state index contributed by atoms with van der Waals surface area (Å²) in [4.78, 5) is 13.1. The smallest absolute Gasteiger partial charge is 0.417 e. The van der Waals surface area contributed by atoms with Crippen molar-refractivity contribution in [2.24, 2.45) is 0 Å². The second-order valence-electron chi connectivity index (χ2n) is 5.42. The average molecular weight is 398 g/mol. The summed E-state index contributed by atoms with van der Waals surface area (Å²) in [5.41, 5.74) is 0.739. The van der Waals surface area contributed by atoms with Gasteiger partial charge in [0, 0.05) is 6.26 Å². The molecular formula is C15H14N2O7S2. The van der Waals surface area contributed by atoms with E-state index in [1.165, 1.54) is 37.4 Å². The molecule has 1 aromatic heterocycles. The van der Waals surface area contributed by atoms with Crippen molar-refractivity contribution in [3.63, 3.8) is 0 Å². The van der Waals surface area contributed by atoms with E-state index in [2.05, 4.69) is 9.71 Å². The molecule has 0 spiro atoms. The van der Waals surface area contributed by atoms with Crippen LogP contribution in [0.3, 0.4) is 0 Å². The van der Waals surface area contributed by atoms with E-state index in [9.17, 15) is 21.6 Å². The fraction of sp³-hybridized carbons (Fsp3) is 0.133. The van der Waals surface area contributed by atoms with Gasteiger partial charge in [-0.2, -0.15) is 0 Å². The van der Waals surface area contributed by atoms with E-state index in [4.69, 9.17) is 9.15 Å². The number of aromatic nitrogens is 1. The van der Waals surface area contributed by atoms with Gasteiger partial charge in [0.2, 0.25) is 0 Å². The third kappa shape index (κ3) is 3.44. The Morgan fingerprint density at radius 1 is 1.08 bits per heavy atom. The summed E-state index contributed by atoms with van der Waals surface area (Å²) in [6, 6.07) is 7.76. The number of nitrogens with one attached hydrogen (secondary N) is 2. The van der Waals surface area contributed by atoms with Gasteiger partial charge in [-0.05, 0) is 36.4 Å². The predicted molar refractivity (Wildman–Crippen MR) is 93.7 cm³/mol. The SMILES string of the molecule is COc1ccc(S(C)(=O)=O)cc1S(=O)(=O)Nc1ccc2oc(=O)[nH]c2c1. The normalized spacial score (nSPS) is 12.2. The van der Waals surface area contributed by atoms with Crippen molar-refractivity contribution < 1.29 is 26.0 Å². The van der Waals surface area contributed by atoms with E-state index in [0.717, 1.165) is 12.3 Å². The lowest BCUT2D eigenvalue weighted by Gasteiger charge is -2.12. The monoisotopic (exact) mass is 398 g/mol. The highest BCUT2D eigenvalue weighted by atomic mass is 32.2. The Morgan fingerprint density at radius 2 is 1.81 bits per heavy atom. The van der Waals surface area contributed by atoms with Gasteiger partial charge in [-0.1, -0.05) is 0 Å². The molecule has 0 aliphatic rings. The first-order valence-electron chi connectivity index (χ1n) is 7.14. The second kappa shape index (κ2) is 6.18. The molecule has 0 fully saturated rings. The number of sulfone groups is 1. The third-order valence-corrected chi connectivity index (χ3v) is 6.04. The van der Waals surface area contributed by atoms with Crippen molar-refractivity contribution in [1.29, 1.82) is 0 Å². The molecule has 0 radical (unpaired) electrons. The number of hydrogen-bond acceptors (Lipinski definition) is 7. The largest absolute Gasteiger partial charge is 0.495 e. The number of oxazole rings is 1. The Balaban J connectivity index is 2.07. The number of ether oxygens (including phenoxy) is 1. The number of H-pyrrole nitrogens is 1. The van der Waals surface area contributed by atoms with E-state index in [-0.39, 0.29) is 26.8 Å². The number of aromatic amines is 1. The number of benzene rings is 2. The number of sulfonamides is 1. The van der Waals surface area contributed by atoms with Gasteiger partial charge in [0.25, 0.3) is 10.0 Å². The van der Waals surface area contributed by atoms with Crippen LogP contribution in [-0.2, 0) is 19.9 Å². The molecule has 26 heavy (non-hydrogen) atoms. The zero-order chi connectivity index (χ0) is 19.1. The van der Waals surface area contributed by atoms with Crippen LogP contribution in [0.1, 0.15) is 0 Å². The van der Waals surface area contributed by atoms with Gasteiger partial charge in [-0.15, -0.1) is 0 Å². The summed E-state index contributed by atoms with van der Waals surface area (Å²) in [6.45, 7) is 0. The maximum atomic E-state index is 12.7. The highest BCUT2D eigenvalue weighted by Gasteiger charge is 2.23. The van der Waals surface area contributed by atoms with Crippen LogP contribution in [0, 0.1) is 0 Å². The van der Waals surface area contributed by atoms with Crippen LogP contribution in [0.25, 0.3) is 11.1 Å². The Morgan fingerprint density at radius 3 is 2.46 bits per heavy atom. The van der Waals surface area contributed by atoms with Gasteiger partial charge in [0.05, 0.1) is 23.2 Å². The molecule has 2 N–H and O–H groups in total. The highest BCUT2D eigenvalue weighted by molar-refractivity contribution is 7.93. The average Bonchev–Trinajstić information content (AvgIpc) is 2.92. The summed E-state index contributed by atoms with van der Waals surface area (Å²) in [7, 11) is -6.50. The first-order chi connectivity index (χ1) is 12.1. The quantitative estimate of drug-likeness (QED) is 0.662. The molecule has 0 aliphatic carbocycles. The van der Waals surface area contributed by atoms with Crippen LogP contribution in [0.15, 0.2) is 55.4 Å². The number of anilines is 1. The fourth-order valence-electron chi connectivity index (χ4n) is 2.32. The van der Waals surface area contributed by atoms with Crippen LogP contribution in [0.4, 0.5) is 5.69 Å². The minimum absolute atomic E-state index is 0.0114. The summed E-state index contributed by atoms with van der Waals surface area (Å²) in [5, 5.41) is 0. The Hall–Kier alpha value is -2.79. The Kier molecular flexibility index (Phi) is 4.28. The predicted octanol–water partition coefficient (Wildman–Crippen LogP) is 1.33.